The van der Waals surface area contributed by atoms with E-state index >= 15 is 0 Å². The van der Waals surface area contributed by atoms with Crippen molar-refractivity contribution >= 4 is 5.78 Å². The number of nitrogens with one attached hydrogen (secondary N) is 1. The number of ketones is 1. The first-order valence-electron chi connectivity index (χ1n) is 6.28. The number of rotatable bonds is 4. The van der Waals surface area contributed by atoms with E-state index in [2.05, 4.69) is 5.32 Å². The van der Waals surface area contributed by atoms with E-state index in [1.54, 1.807) is 0 Å². The fraction of sp³-hybridized carbons (Fsp3) is 0.500. The molecule has 0 bridgehead atoms. The molecule has 2 rings (SSSR count). The van der Waals surface area contributed by atoms with Gasteiger partial charge in [-0.25, -0.2) is 4.39 Å². The highest BCUT2D eigenvalue weighted by Gasteiger charge is 2.20. The van der Waals surface area contributed by atoms with Crippen molar-refractivity contribution in [2.75, 3.05) is 20.2 Å². The van der Waals surface area contributed by atoms with Crippen LogP contribution in [0.2, 0.25) is 0 Å². The second-order valence-corrected chi connectivity index (χ2v) is 4.67. The molecule has 18 heavy (non-hydrogen) atoms. The summed E-state index contributed by atoms with van der Waals surface area (Å²) in [6.07, 6.45) is 2.48. The summed E-state index contributed by atoms with van der Waals surface area (Å²) < 4.78 is 18.3. The maximum Gasteiger partial charge on any atom is 0.166 e. The number of carbonyl (C=O) groups is 1. The van der Waals surface area contributed by atoms with E-state index in [1.807, 2.05) is 0 Å². The third kappa shape index (κ3) is 3.07. The third-order valence-electron chi connectivity index (χ3n) is 3.39. The SMILES string of the molecule is COc1ccc(F)cc1C(=O)CC1CCNCC1. The molecule has 0 amide bonds. The van der Waals surface area contributed by atoms with Crippen molar-refractivity contribution in [3.63, 3.8) is 0 Å². The summed E-state index contributed by atoms with van der Waals surface area (Å²) in [5.41, 5.74) is 0.357. The Bertz CT molecular complexity index is 428. The first kappa shape index (κ1) is 13.0. The van der Waals surface area contributed by atoms with Gasteiger partial charge in [0.2, 0.25) is 0 Å². The monoisotopic (exact) mass is 251 g/mol. The van der Waals surface area contributed by atoms with E-state index in [4.69, 9.17) is 4.74 Å². The van der Waals surface area contributed by atoms with Gasteiger partial charge in [0.15, 0.2) is 5.78 Å². The van der Waals surface area contributed by atoms with Crippen molar-refractivity contribution in [1.82, 2.24) is 5.32 Å². The summed E-state index contributed by atoms with van der Waals surface area (Å²) in [7, 11) is 1.49. The molecule has 0 aromatic heterocycles. The maximum atomic E-state index is 13.2. The highest BCUT2D eigenvalue weighted by Crippen LogP contribution is 2.25. The lowest BCUT2D eigenvalue weighted by atomic mass is 9.90. The molecule has 0 unspecified atom stereocenters. The van der Waals surface area contributed by atoms with Crippen LogP contribution < -0.4 is 10.1 Å². The van der Waals surface area contributed by atoms with Crippen molar-refractivity contribution in [3.05, 3.63) is 29.6 Å². The molecule has 1 aliphatic rings. The largest absolute Gasteiger partial charge is 0.496 e. The van der Waals surface area contributed by atoms with Crippen LogP contribution >= 0.6 is 0 Å². The maximum absolute atomic E-state index is 13.2. The normalized spacial score (nSPS) is 16.6. The molecule has 0 spiro atoms. The summed E-state index contributed by atoms with van der Waals surface area (Å²) in [5.74, 6) is 0.421. The Labute approximate surface area is 106 Å². The lowest BCUT2D eigenvalue weighted by Crippen LogP contribution is -2.29. The molecule has 1 saturated heterocycles. The Morgan fingerprint density at radius 2 is 2.17 bits per heavy atom. The van der Waals surface area contributed by atoms with E-state index < -0.39 is 5.82 Å². The molecule has 1 heterocycles. The van der Waals surface area contributed by atoms with Crippen LogP contribution in [0.5, 0.6) is 5.75 Å². The van der Waals surface area contributed by atoms with Crippen molar-refractivity contribution in [1.29, 1.82) is 0 Å². The summed E-state index contributed by atoms with van der Waals surface area (Å²) in [4.78, 5) is 12.2. The zero-order valence-corrected chi connectivity index (χ0v) is 10.5. The Balaban J connectivity index is 2.09. The fourth-order valence-electron chi connectivity index (χ4n) is 2.36. The van der Waals surface area contributed by atoms with E-state index in [0.29, 0.717) is 23.7 Å². The number of Topliss-reactive ketones (excluding diaryl/α,β-unsaturated/α-hetero) is 1. The molecule has 98 valence electrons. The molecular weight excluding hydrogens is 233 g/mol. The van der Waals surface area contributed by atoms with Gasteiger partial charge in [0, 0.05) is 6.42 Å². The van der Waals surface area contributed by atoms with E-state index in [1.165, 1.54) is 25.3 Å². The number of hydrogen-bond donors (Lipinski definition) is 1. The van der Waals surface area contributed by atoms with Crippen LogP contribution in [0.25, 0.3) is 0 Å². The second kappa shape index (κ2) is 5.96. The molecule has 1 fully saturated rings. The van der Waals surface area contributed by atoms with Crippen molar-refractivity contribution < 1.29 is 13.9 Å². The Hall–Kier alpha value is -1.42. The zero-order valence-electron chi connectivity index (χ0n) is 10.5. The zero-order chi connectivity index (χ0) is 13.0. The number of hydrogen-bond acceptors (Lipinski definition) is 3. The summed E-state index contributed by atoms with van der Waals surface area (Å²) in [6, 6.07) is 4.08. The average Bonchev–Trinajstić information content (AvgIpc) is 2.40. The van der Waals surface area contributed by atoms with E-state index in [9.17, 15) is 9.18 Å². The molecule has 3 nitrogen and oxygen atoms in total. The first-order valence-corrected chi connectivity index (χ1v) is 6.28. The number of piperidine rings is 1. The molecule has 1 aromatic rings. The van der Waals surface area contributed by atoms with Gasteiger partial charge >= 0.3 is 0 Å². The topological polar surface area (TPSA) is 38.3 Å². The molecule has 1 aromatic carbocycles. The number of ether oxygens (including phenoxy) is 1. The molecule has 4 heteroatoms. The van der Waals surface area contributed by atoms with Gasteiger partial charge in [0.05, 0.1) is 12.7 Å². The van der Waals surface area contributed by atoms with Gasteiger partial charge in [-0.2, -0.15) is 0 Å². The van der Waals surface area contributed by atoms with Crippen molar-refractivity contribution in [3.8, 4) is 5.75 Å². The minimum absolute atomic E-state index is 0.0294. The quantitative estimate of drug-likeness (QED) is 0.835. The Morgan fingerprint density at radius 1 is 1.44 bits per heavy atom. The second-order valence-electron chi connectivity index (χ2n) is 4.67. The highest BCUT2D eigenvalue weighted by atomic mass is 19.1. The van der Waals surface area contributed by atoms with Crippen LogP contribution in [-0.2, 0) is 0 Å². The molecule has 0 saturated carbocycles. The third-order valence-corrected chi connectivity index (χ3v) is 3.39. The molecule has 1 aliphatic heterocycles. The van der Waals surface area contributed by atoms with Crippen LogP contribution in [0.3, 0.4) is 0 Å². The minimum Gasteiger partial charge on any atom is -0.496 e. The average molecular weight is 251 g/mol. The highest BCUT2D eigenvalue weighted by molar-refractivity contribution is 5.98. The molecule has 0 aliphatic carbocycles. The van der Waals surface area contributed by atoms with Gasteiger partial charge in [-0.3, -0.25) is 4.79 Å². The van der Waals surface area contributed by atoms with Crippen molar-refractivity contribution in [2.45, 2.75) is 19.3 Å². The van der Waals surface area contributed by atoms with Gasteiger partial charge in [-0.1, -0.05) is 0 Å². The van der Waals surface area contributed by atoms with Gasteiger partial charge in [0.1, 0.15) is 11.6 Å². The van der Waals surface area contributed by atoms with Gasteiger partial charge in [0.25, 0.3) is 0 Å². The lowest BCUT2D eigenvalue weighted by Gasteiger charge is -2.22. The van der Waals surface area contributed by atoms with Gasteiger partial charge in [-0.05, 0) is 50.0 Å². The summed E-state index contributed by atoms with van der Waals surface area (Å²) in [5, 5.41) is 3.26. The molecule has 0 radical (unpaired) electrons. The van der Waals surface area contributed by atoms with Gasteiger partial charge in [-0.15, -0.1) is 0 Å². The standard InChI is InChI=1S/C14H18FNO2/c1-18-14-3-2-11(15)9-12(14)13(17)8-10-4-6-16-7-5-10/h2-3,9-10,16H,4-8H2,1H3. The predicted molar refractivity (Wildman–Crippen MR) is 67.5 cm³/mol. The van der Waals surface area contributed by atoms with Crippen LogP contribution in [0.4, 0.5) is 4.39 Å². The fourth-order valence-corrected chi connectivity index (χ4v) is 2.36. The van der Waals surface area contributed by atoms with Crippen LogP contribution in [0.15, 0.2) is 18.2 Å². The van der Waals surface area contributed by atoms with Crippen LogP contribution in [0, 0.1) is 11.7 Å². The molecular formula is C14H18FNO2. The van der Waals surface area contributed by atoms with Gasteiger partial charge < -0.3 is 10.1 Å². The Kier molecular flexibility index (Phi) is 4.31. The smallest absolute Gasteiger partial charge is 0.166 e. The summed E-state index contributed by atoms with van der Waals surface area (Å²) >= 11 is 0. The van der Waals surface area contributed by atoms with Crippen LogP contribution in [-0.4, -0.2) is 26.0 Å². The first-order chi connectivity index (χ1) is 8.70. The number of methoxy groups -OCH3 is 1. The minimum atomic E-state index is -0.399. The molecule has 0 atom stereocenters. The predicted octanol–water partition coefficient (Wildman–Crippen LogP) is 2.41. The lowest BCUT2D eigenvalue weighted by molar-refractivity contribution is 0.0949. The van der Waals surface area contributed by atoms with E-state index in [-0.39, 0.29) is 5.78 Å². The van der Waals surface area contributed by atoms with Crippen LogP contribution in [0.1, 0.15) is 29.6 Å². The Morgan fingerprint density at radius 3 is 2.83 bits per heavy atom. The molecule has 1 N–H and O–H groups in total. The number of benzene rings is 1. The van der Waals surface area contributed by atoms with E-state index in [0.717, 1.165) is 25.9 Å². The van der Waals surface area contributed by atoms with Crippen molar-refractivity contribution in [2.24, 2.45) is 5.92 Å². The summed E-state index contributed by atoms with van der Waals surface area (Å²) in [6.45, 7) is 1.91. The number of carbonyl (C=O) groups excluding carboxylic acids is 1. The number of halogens is 1.